The van der Waals surface area contributed by atoms with Gasteiger partial charge < -0.3 is 15.4 Å². The van der Waals surface area contributed by atoms with E-state index in [-0.39, 0.29) is 0 Å². The number of nitrogens with one attached hydrogen (secondary N) is 2. The van der Waals surface area contributed by atoms with Gasteiger partial charge in [0.2, 0.25) is 0 Å². The molecule has 0 spiro atoms. The number of hydrogen-bond acceptors (Lipinski definition) is 5. The zero-order chi connectivity index (χ0) is 16.8. The molecule has 4 rings (SSSR count). The molecule has 4 aliphatic rings. The van der Waals surface area contributed by atoms with Crippen LogP contribution in [0, 0.1) is 0 Å². The summed E-state index contributed by atoms with van der Waals surface area (Å²) in [5.41, 5.74) is 0. The highest BCUT2D eigenvalue weighted by Crippen LogP contribution is 2.14. The maximum Gasteiger partial charge on any atom is 0.191 e. The van der Waals surface area contributed by atoms with Crippen molar-refractivity contribution >= 4 is 5.96 Å². The predicted molar refractivity (Wildman–Crippen MR) is 97.6 cm³/mol. The molecule has 138 valence electrons. The SMILES string of the molecule is CCNC(=NCC(C)N1CCOCC1)NCC1CN2CCN1CC2. The average molecular weight is 339 g/mol. The van der Waals surface area contributed by atoms with Crippen LogP contribution >= 0.6 is 0 Å². The third-order valence-electron chi connectivity index (χ3n) is 5.42. The number of ether oxygens (including phenoxy) is 1. The lowest BCUT2D eigenvalue weighted by Crippen LogP contribution is -2.63. The molecule has 0 radical (unpaired) electrons. The molecule has 24 heavy (non-hydrogen) atoms. The topological polar surface area (TPSA) is 55.4 Å². The minimum atomic E-state index is 0.463. The molecule has 4 aliphatic heterocycles. The zero-order valence-electron chi connectivity index (χ0n) is 15.3. The van der Waals surface area contributed by atoms with Crippen LogP contribution in [0.2, 0.25) is 0 Å². The van der Waals surface area contributed by atoms with Gasteiger partial charge in [-0.1, -0.05) is 0 Å². The zero-order valence-corrected chi connectivity index (χ0v) is 15.3. The van der Waals surface area contributed by atoms with Gasteiger partial charge in [0.1, 0.15) is 0 Å². The first-order valence-corrected chi connectivity index (χ1v) is 9.56. The number of guanidine groups is 1. The van der Waals surface area contributed by atoms with Crippen molar-refractivity contribution in [1.82, 2.24) is 25.3 Å². The number of rotatable bonds is 6. The van der Waals surface area contributed by atoms with Gasteiger partial charge in [0.05, 0.1) is 19.8 Å². The Hall–Kier alpha value is -0.890. The molecule has 2 N–H and O–H groups in total. The van der Waals surface area contributed by atoms with Crippen molar-refractivity contribution in [3.8, 4) is 0 Å². The van der Waals surface area contributed by atoms with E-state index in [4.69, 9.17) is 9.73 Å². The second-order valence-electron chi connectivity index (χ2n) is 7.09. The predicted octanol–water partition coefficient (Wildman–Crippen LogP) is -0.738. The molecular weight excluding hydrogens is 304 g/mol. The van der Waals surface area contributed by atoms with Crippen molar-refractivity contribution < 1.29 is 4.74 Å². The van der Waals surface area contributed by atoms with Crippen molar-refractivity contribution in [2.75, 3.05) is 78.7 Å². The number of aliphatic imine (C=N–C) groups is 1. The van der Waals surface area contributed by atoms with Crippen LogP contribution in [0.1, 0.15) is 13.8 Å². The Morgan fingerprint density at radius 3 is 2.50 bits per heavy atom. The highest BCUT2D eigenvalue weighted by Gasteiger charge is 2.31. The third kappa shape index (κ3) is 4.81. The molecule has 0 aromatic heterocycles. The lowest BCUT2D eigenvalue weighted by molar-refractivity contribution is 0.0153. The van der Waals surface area contributed by atoms with Crippen LogP contribution in [0.5, 0.6) is 0 Å². The van der Waals surface area contributed by atoms with E-state index in [1.165, 1.54) is 32.7 Å². The second-order valence-corrected chi connectivity index (χ2v) is 7.09. The largest absolute Gasteiger partial charge is 0.379 e. The van der Waals surface area contributed by atoms with Crippen molar-refractivity contribution in [3.05, 3.63) is 0 Å². The van der Waals surface area contributed by atoms with Gasteiger partial charge in [-0.3, -0.25) is 19.7 Å². The van der Waals surface area contributed by atoms with Gasteiger partial charge in [0, 0.05) is 71.0 Å². The highest BCUT2D eigenvalue weighted by molar-refractivity contribution is 5.79. The van der Waals surface area contributed by atoms with E-state index in [9.17, 15) is 0 Å². The molecule has 2 bridgehead atoms. The maximum absolute atomic E-state index is 5.43. The molecule has 2 unspecified atom stereocenters. The minimum absolute atomic E-state index is 0.463. The monoisotopic (exact) mass is 338 g/mol. The van der Waals surface area contributed by atoms with E-state index < -0.39 is 0 Å². The van der Waals surface area contributed by atoms with Crippen molar-refractivity contribution in [2.24, 2.45) is 4.99 Å². The molecule has 4 saturated heterocycles. The molecular formula is C17H34N6O. The van der Waals surface area contributed by atoms with E-state index in [1.54, 1.807) is 0 Å². The summed E-state index contributed by atoms with van der Waals surface area (Å²) in [7, 11) is 0. The molecule has 0 aromatic carbocycles. The summed E-state index contributed by atoms with van der Waals surface area (Å²) >= 11 is 0. The molecule has 7 nitrogen and oxygen atoms in total. The van der Waals surface area contributed by atoms with Gasteiger partial charge in [-0.05, 0) is 13.8 Å². The molecule has 0 saturated carbocycles. The number of nitrogens with zero attached hydrogens (tertiary/aromatic N) is 4. The number of morpholine rings is 1. The van der Waals surface area contributed by atoms with E-state index in [1.807, 2.05) is 0 Å². The molecule has 0 amide bonds. The minimum Gasteiger partial charge on any atom is -0.379 e. The standard InChI is InChI=1S/C17H34N6O/c1-3-18-17(19-12-15(2)22-8-10-24-11-9-22)20-13-16-14-21-4-6-23(16)7-5-21/h15-16H,3-14H2,1-2H3,(H2,18,19,20). The lowest BCUT2D eigenvalue weighted by atomic mass is 10.1. The summed E-state index contributed by atoms with van der Waals surface area (Å²) in [6.45, 7) is 16.9. The Bertz CT molecular complexity index is 404. The van der Waals surface area contributed by atoms with E-state index in [2.05, 4.69) is 39.2 Å². The van der Waals surface area contributed by atoms with Crippen molar-refractivity contribution in [3.63, 3.8) is 0 Å². The van der Waals surface area contributed by atoms with E-state index in [0.717, 1.165) is 51.9 Å². The van der Waals surface area contributed by atoms with Gasteiger partial charge in [0.25, 0.3) is 0 Å². The van der Waals surface area contributed by atoms with Gasteiger partial charge in [-0.2, -0.15) is 0 Å². The fraction of sp³-hybridized carbons (Fsp3) is 0.941. The molecule has 4 heterocycles. The van der Waals surface area contributed by atoms with Crippen molar-refractivity contribution in [1.29, 1.82) is 0 Å². The highest BCUT2D eigenvalue weighted by atomic mass is 16.5. The van der Waals surface area contributed by atoms with Gasteiger partial charge in [-0.25, -0.2) is 0 Å². The summed E-state index contributed by atoms with van der Waals surface area (Å²) in [4.78, 5) is 12.5. The summed E-state index contributed by atoms with van der Waals surface area (Å²) in [6, 6.07) is 1.08. The van der Waals surface area contributed by atoms with Gasteiger partial charge >= 0.3 is 0 Å². The van der Waals surface area contributed by atoms with Crippen LogP contribution in [0.25, 0.3) is 0 Å². The summed E-state index contributed by atoms with van der Waals surface area (Å²) < 4.78 is 5.43. The van der Waals surface area contributed by atoms with Crippen LogP contribution in [0.3, 0.4) is 0 Å². The normalized spacial score (nSPS) is 32.6. The third-order valence-corrected chi connectivity index (χ3v) is 5.42. The quantitative estimate of drug-likeness (QED) is 0.492. The van der Waals surface area contributed by atoms with Crippen molar-refractivity contribution in [2.45, 2.75) is 25.9 Å². The smallest absolute Gasteiger partial charge is 0.191 e. The van der Waals surface area contributed by atoms with Crippen LogP contribution in [-0.2, 0) is 4.74 Å². The Morgan fingerprint density at radius 1 is 1.12 bits per heavy atom. The molecule has 7 heteroatoms. The lowest BCUT2D eigenvalue weighted by Gasteiger charge is -2.47. The Morgan fingerprint density at radius 2 is 1.88 bits per heavy atom. The van der Waals surface area contributed by atoms with Crippen LogP contribution in [0.4, 0.5) is 0 Å². The van der Waals surface area contributed by atoms with E-state index in [0.29, 0.717) is 12.1 Å². The first-order chi connectivity index (χ1) is 11.8. The number of fused-ring (bicyclic) bond motifs is 3. The summed E-state index contributed by atoms with van der Waals surface area (Å²) in [6.07, 6.45) is 0. The number of hydrogen-bond donors (Lipinski definition) is 2. The van der Waals surface area contributed by atoms with Gasteiger partial charge in [0.15, 0.2) is 5.96 Å². The fourth-order valence-corrected chi connectivity index (χ4v) is 3.83. The summed E-state index contributed by atoms with van der Waals surface area (Å²) in [5, 5.41) is 6.95. The number of piperazine rings is 3. The van der Waals surface area contributed by atoms with E-state index >= 15 is 0 Å². The summed E-state index contributed by atoms with van der Waals surface area (Å²) in [5.74, 6) is 0.954. The Labute approximate surface area is 146 Å². The molecule has 2 atom stereocenters. The Balaban J connectivity index is 1.46. The van der Waals surface area contributed by atoms with Crippen LogP contribution < -0.4 is 10.6 Å². The average Bonchev–Trinajstić information content (AvgIpc) is 2.65. The molecule has 0 aromatic rings. The molecule has 4 fully saturated rings. The Kier molecular flexibility index (Phi) is 6.71. The van der Waals surface area contributed by atoms with Crippen LogP contribution in [0.15, 0.2) is 4.99 Å². The van der Waals surface area contributed by atoms with Gasteiger partial charge in [-0.15, -0.1) is 0 Å². The first-order valence-electron chi connectivity index (χ1n) is 9.56. The molecule has 0 aliphatic carbocycles. The second kappa shape index (κ2) is 8.99. The first kappa shape index (κ1) is 17.9. The fourth-order valence-electron chi connectivity index (χ4n) is 3.83. The van der Waals surface area contributed by atoms with Crippen LogP contribution in [-0.4, -0.2) is 111 Å². The maximum atomic E-state index is 5.43.